The van der Waals surface area contributed by atoms with Crippen LogP contribution in [0.1, 0.15) is 335 Å². The normalized spacial score (nSPS) is 19.3. The van der Waals surface area contributed by atoms with E-state index in [4.69, 9.17) is 9.47 Å². The third-order valence-corrected chi connectivity index (χ3v) is 17.1. The van der Waals surface area contributed by atoms with Crippen LogP contribution in [0.3, 0.4) is 0 Å². The van der Waals surface area contributed by atoms with Gasteiger partial charge in [0.2, 0.25) is 5.91 Å². The first-order chi connectivity index (χ1) is 40.7. The van der Waals surface area contributed by atoms with Gasteiger partial charge in [-0.25, -0.2) is 0 Å². The Bertz CT molecular complexity index is 1490. The Hall–Kier alpha value is -1.93. The molecule has 0 saturated carbocycles. The van der Waals surface area contributed by atoms with Crippen molar-refractivity contribution in [3.05, 3.63) is 48.6 Å². The van der Waals surface area contributed by atoms with Crippen molar-refractivity contribution >= 4 is 5.91 Å². The van der Waals surface area contributed by atoms with Crippen LogP contribution in [0.2, 0.25) is 0 Å². The lowest BCUT2D eigenvalue weighted by molar-refractivity contribution is -0.303. The fraction of sp³-hybridized carbons (Fsp3) is 0.875. The van der Waals surface area contributed by atoms with Crippen LogP contribution < -0.4 is 5.32 Å². The number of unbranched alkanes of at least 4 members (excludes halogenated alkanes) is 42. The fourth-order valence-electron chi connectivity index (χ4n) is 11.4. The molecule has 0 aromatic rings. The number of ether oxygens (including phenoxy) is 2. The van der Waals surface area contributed by atoms with Gasteiger partial charge in [0.05, 0.1) is 25.4 Å². The summed E-state index contributed by atoms with van der Waals surface area (Å²) in [6, 6.07) is -1.20. The summed E-state index contributed by atoms with van der Waals surface area (Å²) in [5.41, 5.74) is 0. The standard InChI is InChI=1S/C72H135NO10/c1-3-5-7-9-11-13-15-17-19-21-23-25-27-29-31-32-34-36-38-40-42-44-46-48-50-52-54-56-58-60-65(76)71(81)73-63(62-82-72-70(80)69(79)68(78)66(61-74)83-72)67(77)64(75)59-57-55-53-51-49-47-45-43-41-39-37-35-33-30-28-26-24-22-20-18-16-14-12-10-8-6-4-2/h29,31,35,37,43,45,51,53,63-70,72,74-80H,3-28,30,32-34,36,38-42,44,46-50,52,54-62H2,1-2H3,(H,73,81)/b31-29-,37-35+,45-43+,53-51+. The van der Waals surface area contributed by atoms with Crippen molar-refractivity contribution in [2.24, 2.45) is 0 Å². The first-order valence-electron chi connectivity index (χ1n) is 35.5. The highest BCUT2D eigenvalue weighted by Crippen LogP contribution is 2.24. The molecule has 0 bridgehead atoms. The SMILES string of the molecule is CCCCCCCCCCCCCC/C=C\CCCCCCCCCCCCCCCC(O)C(=O)NC(COC1OC(CO)C(O)C(O)C1O)C(O)C(O)CCC/C=C/CC/C=C/CC/C=C/CCCCCCCCCCCCCCCC. The van der Waals surface area contributed by atoms with Crippen LogP contribution in [0, 0.1) is 0 Å². The van der Waals surface area contributed by atoms with Crippen molar-refractivity contribution < 1.29 is 50.0 Å². The zero-order chi connectivity index (χ0) is 60.3. The average Bonchev–Trinajstić information content (AvgIpc) is 3.68. The van der Waals surface area contributed by atoms with Crippen molar-refractivity contribution in [2.45, 2.75) is 390 Å². The molecule has 1 amide bonds. The van der Waals surface area contributed by atoms with Crippen LogP contribution >= 0.6 is 0 Å². The number of nitrogens with one attached hydrogen (secondary N) is 1. The summed E-state index contributed by atoms with van der Waals surface area (Å²) in [6.07, 6.45) is 67.7. The predicted octanol–water partition coefficient (Wildman–Crippen LogP) is 17.1. The molecule has 8 N–H and O–H groups in total. The largest absolute Gasteiger partial charge is 0.394 e. The predicted molar refractivity (Wildman–Crippen MR) is 348 cm³/mol. The average molecular weight is 1170 g/mol. The molecule has 9 atom stereocenters. The van der Waals surface area contributed by atoms with Crippen molar-refractivity contribution in [2.75, 3.05) is 13.2 Å². The molecule has 11 nitrogen and oxygen atoms in total. The van der Waals surface area contributed by atoms with Crippen LogP contribution in [-0.2, 0) is 14.3 Å². The molecule has 83 heavy (non-hydrogen) atoms. The maximum Gasteiger partial charge on any atom is 0.249 e. The minimum Gasteiger partial charge on any atom is -0.394 e. The Morgan fingerprint density at radius 2 is 0.723 bits per heavy atom. The molecular formula is C72H135NO10. The van der Waals surface area contributed by atoms with Crippen molar-refractivity contribution in [1.82, 2.24) is 5.32 Å². The van der Waals surface area contributed by atoms with E-state index >= 15 is 0 Å². The summed E-state index contributed by atoms with van der Waals surface area (Å²) in [4.78, 5) is 13.2. The molecule has 0 aliphatic carbocycles. The fourth-order valence-corrected chi connectivity index (χ4v) is 11.4. The van der Waals surface area contributed by atoms with Gasteiger partial charge in [0, 0.05) is 0 Å². The Labute approximate surface area is 510 Å². The Morgan fingerprint density at radius 3 is 1.07 bits per heavy atom. The van der Waals surface area contributed by atoms with E-state index in [0.29, 0.717) is 19.3 Å². The first kappa shape index (κ1) is 79.1. The van der Waals surface area contributed by atoms with Crippen LogP contribution in [0.25, 0.3) is 0 Å². The first-order valence-corrected chi connectivity index (χ1v) is 35.5. The molecule has 1 heterocycles. The van der Waals surface area contributed by atoms with Crippen molar-refractivity contribution in [3.63, 3.8) is 0 Å². The number of hydrogen-bond acceptors (Lipinski definition) is 10. The highest BCUT2D eigenvalue weighted by Gasteiger charge is 2.44. The maximum atomic E-state index is 13.2. The molecule has 1 saturated heterocycles. The van der Waals surface area contributed by atoms with E-state index in [0.717, 1.165) is 44.9 Å². The summed E-state index contributed by atoms with van der Waals surface area (Å²) in [5, 5.41) is 76.5. The second-order valence-electron chi connectivity index (χ2n) is 24.9. The van der Waals surface area contributed by atoms with Crippen molar-refractivity contribution in [3.8, 4) is 0 Å². The van der Waals surface area contributed by atoms with Crippen molar-refractivity contribution in [1.29, 1.82) is 0 Å². The molecule has 0 aromatic heterocycles. The van der Waals surface area contributed by atoms with E-state index in [1.807, 2.05) is 0 Å². The molecule has 0 spiro atoms. The molecule has 11 heteroatoms. The maximum absolute atomic E-state index is 13.2. The lowest BCUT2D eigenvalue weighted by atomic mass is 9.98. The number of rotatable bonds is 62. The quantitative estimate of drug-likeness (QED) is 0.0215. The van der Waals surface area contributed by atoms with Gasteiger partial charge in [0.15, 0.2) is 6.29 Å². The van der Waals surface area contributed by atoms with Gasteiger partial charge in [-0.15, -0.1) is 0 Å². The summed E-state index contributed by atoms with van der Waals surface area (Å²) in [6.45, 7) is 3.48. The van der Waals surface area contributed by atoms with E-state index in [-0.39, 0.29) is 12.8 Å². The molecule has 1 aliphatic heterocycles. The van der Waals surface area contributed by atoms with Gasteiger partial charge in [0.1, 0.15) is 36.6 Å². The highest BCUT2D eigenvalue weighted by molar-refractivity contribution is 5.80. The second-order valence-corrected chi connectivity index (χ2v) is 24.9. The lowest BCUT2D eigenvalue weighted by Crippen LogP contribution is -2.60. The molecule has 9 unspecified atom stereocenters. The van der Waals surface area contributed by atoms with E-state index < -0.39 is 74.2 Å². The molecule has 488 valence electrons. The summed E-state index contributed by atoms with van der Waals surface area (Å²) in [7, 11) is 0. The lowest BCUT2D eigenvalue weighted by Gasteiger charge is -2.40. The number of carbonyl (C=O) groups excluding carboxylic acids is 1. The van der Waals surface area contributed by atoms with Crippen LogP contribution in [-0.4, -0.2) is 110 Å². The number of aliphatic hydroxyl groups excluding tert-OH is 7. The zero-order valence-corrected chi connectivity index (χ0v) is 53.9. The smallest absolute Gasteiger partial charge is 0.249 e. The number of aliphatic hydroxyl groups is 7. The number of allylic oxidation sites excluding steroid dienone is 8. The summed E-state index contributed by atoms with van der Waals surface area (Å²) < 4.78 is 11.2. The molecule has 1 aliphatic rings. The number of amides is 1. The monoisotopic (exact) mass is 1170 g/mol. The van der Waals surface area contributed by atoms with Gasteiger partial charge in [-0.2, -0.15) is 0 Å². The van der Waals surface area contributed by atoms with E-state index in [2.05, 4.69) is 67.8 Å². The van der Waals surface area contributed by atoms with Gasteiger partial charge in [-0.05, 0) is 89.9 Å². The molecule has 1 fully saturated rings. The molecular weight excluding hydrogens is 1040 g/mol. The number of carbonyl (C=O) groups is 1. The zero-order valence-electron chi connectivity index (χ0n) is 53.9. The van der Waals surface area contributed by atoms with Crippen LogP contribution in [0.4, 0.5) is 0 Å². The van der Waals surface area contributed by atoms with E-state index in [9.17, 15) is 40.5 Å². The Morgan fingerprint density at radius 1 is 0.410 bits per heavy atom. The summed E-state index contributed by atoms with van der Waals surface area (Å²) in [5.74, 6) is -0.709. The van der Waals surface area contributed by atoms with Gasteiger partial charge in [0.25, 0.3) is 0 Å². The summed E-state index contributed by atoms with van der Waals surface area (Å²) >= 11 is 0. The number of hydrogen-bond donors (Lipinski definition) is 8. The van der Waals surface area contributed by atoms with E-state index in [1.54, 1.807) is 0 Å². The van der Waals surface area contributed by atoms with E-state index in [1.165, 1.54) is 244 Å². The minimum absolute atomic E-state index is 0.241. The highest BCUT2D eigenvalue weighted by atomic mass is 16.7. The molecule has 0 radical (unpaired) electrons. The molecule has 0 aromatic carbocycles. The van der Waals surface area contributed by atoms with Gasteiger partial charge < -0.3 is 50.5 Å². The molecule has 1 rings (SSSR count). The van der Waals surface area contributed by atoms with Crippen LogP contribution in [0.5, 0.6) is 0 Å². The minimum atomic E-state index is -1.68. The third-order valence-electron chi connectivity index (χ3n) is 17.1. The van der Waals surface area contributed by atoms with Gasteiger partial charge in [-0.1, -0.05) is 294 Å². The van der Waals surface area contributed by atoms with Crippen LogP contribution in [0.15, 0.2) is 48.6 Å². The topological polar surface area (TPSA) is 189 Å². The Balaban J connectivity index is 2.24. The van der Waals surface area contributed by atoms with Gasteiger partial charge >= 0.3 is 0 Å². The van der Waals surface area contributed by atoms with Gasteiger partial charge in [-0.3, -0.25) is 4.79 Å². The third kappa shape index (κ3) is 47.8. The second kappa shape index (κ2) is 60.4. The Kier molecular flexibility index (Phi) is 57.5.